The van der Waals surface area contributed by atoms with Crippen LogP contribution in [0.4, 0.5) is 20.8 Å². The number of hydrogen-bond acceptors (Lipinski definition) is 7. The molecule has 160 valence electrons. The van der Waals surface area contributed by atoms with Crippen LogP contribution in [0.15, 0.2) is 24.4 Å². The number of esters is 1. The van der Waals surface area contributed by atoms with Gasteiger partial charge in [0.25, 0.3) is 0 Å². The van der Waals surface area contributed by atoms with E-state index < -0.39 is 17.4 Å². The number of halogens is 1. The number of rotatable bonds is 4. The Morgan fingerprint density at radius 2 is 2.07 bits per heavy atom. The van der Waals surface area contributed by atoms with Crippen molar-refractivity contribution >= 4 is 23.7 Å². The summed E-state index contributed by atoms with van der Waals surface area (Å²) < 4.78 is 24.2. The highest BCUT2D eigenvalue weighted by Crippen LogP contribution is 2.22. The molecule has 1 aromatic heterocycles. The number of aromatic nitrogens is 2. The second-order valence-corrected chi connectivity index (χ2v) is 8.00. The van der Waals surface area contributed by atoms with Gasteiger partial charge in [-0.3, -0.25) is 4.79 Å². The standard InChI is InChI=1S/C21H25FN4O4/c1-21(2,3)30-20(28)26-8-7-14-11-23-19(25-17(14)12-26)24-15-6-5-13(16(22)10-15)9-18(27)29-4/h5-6,10-11H,7-9,12H2,1-4H3,(H,23,24,25). The van der Waals surface area contributed by atoms with Gasteiger partial charge in [0.15, 0.2) is 0 Å². The second kappa shape index (κ2) is 8.64. The molecule has 1 aliphatic heterocycles. The Morgan fingerprint density at radius 1 is 1.30 bits per heavy atom. The fourth-order valence-electron chi connectivity index (χ4n) is 2.97. The molecule has 0 bridgehead atoms. The number of fused-ring (bicyclic) bond motifs is 1. The molecule has 30 heavy (non-hydrogen) atoms. The van der Waals surface area contributed by atoms with E-state index in [1.165, 1.54) is 19.2 Å². The Hall–Kier alpha value is -3.23. The molecule has 0 saturated heterocycles. The predicted molar refractivity (Wildman–Crippen MR) is 108 cm³/mol. The molecule has 1 aromatic carbocycles. The smallest absolute Gasteiger partial charge is 0.410 e. The van der Waals surface area contributed by atoms with Gasteiger partial charge in [-0.2, -0.15) is 0 Å². The minimum atomic E-state index is -0.570. The van der Waals surface area contributed by atoms with Crippen LogP contribution in [0.25, 0.3) is 0 Å². The third kappa shape index (κ3) is 5.43. The molecule has 0 spiro atoms. The molecule has 0 radical (unpaired) electrons. The van der Waals surface area contributed by atoms with E-state index in [4.69, 9.17) is 4.74 Å². The van der Waals surface area contributed by atoms with Crippen molar-refractivity contribution in [1.82, 2.24) is 14.9 Å². The van der Waals surface area contributed by atoms with E-state index in [1.807, 2.05) is 20.8 Å². The number of nitrogens with one attached hydrogen (secondary N) is 1. The summed E-state index contributed by atoms with van der Waals surface area (Å²) in [6.45, 7) is 6.31. The summed E-state index contributed by atoms with van der Waals surface area (Å²) in [5.74, 6) is -0.749. The molecule has 1 N–H and O–H groups in total. The van der Waals surface area contributed by atoms with Gasteiger partial charge in [-0.1, -0.05) is 6.07 Å². The number of benzene rings is 1. The molecule has 0 atom stereocenters. The van der Waals surface area contributed by atoms with Gasteiger partial charge in [-0.15, -0.1) is 0 Å². The zero-order valence-corrected chi connectivity index (χ0v) is 17.5. The maximum Gasteiger partial charge on any atom is 0.410 e. The van der Waals surface area contributed by atoms with E-state index in [1.54, 1.807) is 17.2 Å². The molecule has 3 rings (SSSR count). The third-order valence-corrected chi connectivity index (χ3v) is 4.47. The number of nitrogens with zero attached hydrogens (tertiary/aromatic N) is 3. The number of amides is 1. The third-order valence-electron chi connectivity index (χ3n) is 4.47. The highest BCUT2D eigenvalue weighted by Gasteiger charge is 2.26. The van der Waals surface area contributed by atoms with Gasteiger partial charge in [0.05, 0.1) is 25.8 Å². The molecule has 0 unspecified atom stereocenters. The first-order chi connectivity index (χ1) is 14.1. The molecule has 8 nitrogen and oxygen atoms in total. The fraction of sp³-hybridized carbons (Fsp3) is 0.429. The Bertz CT molecular complexity index is 959. The lowest BCUT2D eigenvalue weighted by molar-refractivity contribution is -0.139. The van der Waals surface area contributed by atoms with E-state index in [2.05, 4.69) is 20.0 Å². The first-order valence-corrected chi connectivity index (χ1v) is 9.59. The first-order valence-electron chi connectivity index (χ1n) is 9.59. The normalized spacial score (nSPS) is 13.4. The lowest BCUT2D eigenvalue weighted by atomic mass is 10.1. The van der Waals surface area contributed by atoms with Crippen LogP contribution in [-0.4, -0.2) is 46.2 Å². The van der Waals surface area contributed by atoms with E-state index >= 15 is 0 Å². The van der Waals surface area contributed by atoms with E-state index in [-0.39, 0.29) is 18.1 Å². The van der Waals surface area contributed by atoms with Gasteiger partial charge in [0, 0.05) is 18.4 Å². The molecule has 1 aliphatic rings. The van der Waals surface area contributed by atoms with Crippen molar-refractivity contribution in [2.24, 2.45) is 0 Å². The van der Waals surface area contributed by atoms with Crippen LogP contribution in [0, 0.1) is 5.82 Å². The lowest BCUT2D eigenvalue weighted by Crippen LogP contribution is -2.40. The average molecular weight is 416 g/mol. The van der Waals surface area contributed by atoms with Gasteiger partial charge in [-0.05, 0) is 50.5 Å². The summed E-state index contributed by atoms with van der Waals surface area (Å²) >= 11 is 0. The summed E-state index contributed by atoms with van der Waals surface area (Å²) in [4.78, 5) is 34.0. The largest absolute Gasteiger partial charge is 0.469 e. The quantitative estimate of drug-likeness (QED) is 0.764. The highest BCUT2D eigenvalue weighted by molar-refractivity contribution is 5.73. The molecular formula is C21H25FN4O4. The van der Waals surface area contributed by atoms with Crippen molar-refractivity contribution in [3.63, 3.8) is 0 Å². The Balaban J connectivity index is 1.71. The zero-order chi connectivity index (χ0) is 21.9. The number of anilines is 2. The monoisotopic (exact) mass is 416 g/mol. The molecule has 2 aromatic rings. The van der Waals surface area contributed by atoms with Crippen LogP contribution in [0.3, 0.4) is 0 Å². The van der Waals surface area contributed by atoms with Gasteiger partial charge in [0.1, 0.15) is 11.4 Å². The molecule has 2 heterocycles. The number of carbonyl (C=O) groups is 2. The zero-order valence-electron chi connectivity index (χ0n) is 17.5. The molecule has 1 amide bonds. The summed E-state index contributed by atoms with van der Waals surface area (Å²) in [6, 6.07) is 4.42. The number of methoxy groups -OCH3 is 1. The van der Waals surface area contributed by atoms with Crippen LogP contribution >= 0.6 is 0 Å². The minimum absolute atomic E-state index is 0.140. The SMILES string of the molecule is COC(=O)Cc1ccc(Nc2ncc3c(n2)CN(C(=O)OC(C)(C)C)CC3)cc1F. The molecular weight excluding hydrogens is 391 g/mol. The van der Waals surface area contributed by atoms with Crippen LogP contribution in [-0.2, 0) is 33.7 Å². The molecule has 0 fully saturated rings. The number of carbonyl (C=O) groups excluding carboxylic acids is 2. The number of ether oxygens (including phenoxy) is 2. The van der Waals surface area contributed by atoms with Gasteiger partial charge in [0.2, 0.25) is 5.95 Å². The Morgan fingerprint density at radius 3 is 2.73 bits per heavy atom. The van der Waals surface area contributed by atoms with Crippen molar-refractivity contribution in [1.29, 1.82) is 0 Å². The van der Waals surface area contributed by atoms with Crippen molar-refractivity contribution in [2.75, 3.05) is 19.0 Å². The van der Waals surface area contributed by atoms with Crippen LogP contribution < -0.4 is 5.32 Å². The summed E-state index contributed by atoms with van der Waals surface area (Å²) in [6.07, 6.45) is 1.81. The van der Waals surface area contributed by atoms with Crippen molar-refractivity contribution in [3.05, 3.63) is 47.0 Å². The fourth-order valence-corrected chi connectivity index (χ4v) is 2.97. The van der Waals surface area contributed by atoms with Crippen molar-refractivity contribution < 1.29 is 23.5 Å². The van der Waals surface area contributed by atoms with Gasteiger partial charge >= 0.3 is 12.1 Å². The first kappa shape index (κ1) is 21.5. The van der Waals surface area contributed by atoms with Crippen LogP contribution in [0.2, 0.25) is 0 Å². The van der Waals surface area contributed by atoms with Crippen molar-refractivity contribution in [2.45, 2.75) is 45.8 Å². The summed E-state index contributed by atoms with van der Waals surface area (Å²) in [7, 11) is 1.26. The predicted octanol–water partition coefficient (Wildman–Crippen LogP) is 3.37. The molecule has 9 heteroatoms. The van der Waals surface area contributed by atoms with Gasteiger partial charge in [-0.25, -0.2) is 19.2 Å². The van der Waals surface area contributed by atoms with E-state index in [0.717, 1.165) is 5.56 Å². The topological polar surface area (TPSA) is 93.6 Å². The average Bonchev–Trinajstić information content (AvgIpc) is 2.68. The van der Waals surface area contributed by atoms with Crippen LogP contribution in [0.5, 0.6) is 0 Å². The summed E-state index contributed by atoms with van der Waals surface area (Å²) in [5.41, 5.74) is 1.79. The maximum absolute atomic E-state index is 14.3. The molecule has 0 saturated carbocycles. The van der Waals surface area contributed by atoms with E-state index in [9.17, 15) is 14.0 Å². The lowest BCUT2D eigenvalue weighted by Gasteiger charge is -2.30. The molecule has 0 aliphatic carbocycles. The van der Waals surface area contributed by atoms with Crippen LogP contribution in [0.1, 0.15) is 37.6 Å². The maximum atomic E-state index is 14.3. The van der Waals surface area contributed by atoms with E-state index in [0.29, 0.717) is 36.8 Å². The second-order valence-electron chi connectivity index (χ2n) is 8.00. The number of hydrogen-bond donors (Lipinski definition) is 1. The Kier molecular flexibility index (Phi) is 6.19. The highest BCUT2D eigenvalue weighted by atomic mass is 19.1. The minimum Gasteiger partial charge on any atom is -0.469 e. The Labute approximate surface area is 174 Å². The van der Waals surface area contributed by atoms with Gasteiger partial charge < -0.3 is 19.7 Å². The van der Waals surface area contributed by atoms with Crippen molar-refractivity contribution in [3.8, 4) is 0 Å². The summed E-state index contributed by atoms with van der Waals surface area (Å²) in [5, 5.41) is 2.96.